The van der Waals surface area contributed by atoms with Crippen LogP contribution in [0.3, 0.4) is 0 Å². The Bertz CT molecular complexity index is 353. The Morgan fingerprint density at radius 3 is 2.70 bits per heavy atom. The fourth-order valence-corrected chi connectivity index (χ4v) is 3.69. The van der Waals surface area contributed by atoms with E-state index in [1.807, 2.05) is 0 Å². The van der Waals surface area contributed by atoms with Gasteiger partial charge in [-0.2, -0.15) is 0 Å². The van der Waals surface area contributed by atoms with Crippen molar-refractivity contribution in [3.05, 3.63) is 0 Å². The van der Waals surface area contributed by atoms with Gasteiger partial charge in [0.25, 0.3) is 0 Å². The normalized spacial score (nSPS) is 35.8. The number of carbonyl (C=O) groups excluding carboxylic acids is 1. The highest BCUT2D eigenvalue weighted by atomic mass is 16.5. The Balaban J connectivity index is 1.70. The molecule has 2 atom stereocenters. The second-order valence-corrected chi connectivity index (χ2v) is 6.39. The average molecular weight is 282 g/mol. The summed E-state index contributed by atoms with van der Waals surface area (Å²) in [4.78, 5) is 14.8. The minimum Gasteiger partial charge on any atom is -0.468 e. The van der Waals surface area contributed by atoms with E-state index < -0.39 is 5.54 Å². The van der Waals surface area contributed by atoms with Crippen molar-refractivity contribution >= 4 is 5.97 Å². The number of carbonyl (C=O) groups is 1. The third kappa shape index (κ3) is 3.00. The van der Waals surface area contributed by atoms with Gasteiger partial charge in [0.15, 0.2) is 0 Å². The number of hydrogen-bond acceptors (Lipinski definition) is 5. The van der Waals surface area contributed by atoms with E-state index in [0.717, 1.165) is 45.6 Å². The summed E-state index contributed by atoms with van der Waals surface area (Å²) in [6, 6.07) is 1.01. The topological polar surface area (TPSA) is 50.8 Å². The van der Waals surface area contributed by atoms with Gasteiger partial charge < -0.3 is 9.47 Å². The fourth-order valence-electron chi connectivity index (χ4n) is 3.69. The summed E-state index contributed by atoms with van der Waals surface area (Å²) in [6.07, 6.45) is 6.47. The predicted octanol–water partition coefficient (Wildman–Crippen LogP) is 0.925. The molecule has 5 heteroatoms. The van der Waals surface area contributed by atoms with Crippen molar-refractivity contribution < 1.29 is 14.3 Å². The van der Waals surface area contributed by atoms with Crippen molar-refractivity contribution in [1.29, 1.82) is 0 Å². The zero-order valence-electron chi connectivity index (χ0n) is 12.4. The highest BCUT2D eigenvalue weighted by molar-refractivity contribution is 5.81. The van der Waals surface area contributed by atoms with Crippen LogP contribution in [0.4, 0.5) is 0 Å². The fraction of sp³-hybridized carbons (Fsp3) is 0.933. The first-order chi connectivity index (χ1) is 9.73. The van der Waals surface area contributed by atoms with E-state index in [1.165, 1.54) is 26.4 Å². The zero-order valence-corrected chi connectivity index (χ0v) is 12.4. The van der Waals surface area contributed by atoms with Crippen LogP contribution in [0.15, 0.2) is 0 Å². The molecule has 2 aliphatic carbocycles. The molecule has 0 aromatic rings. The number of methoxy groups -OCH3 is 1. The predicted molar refractivity (Wildman–Crippen MR) is 75.6 cm³/mol. The Kier molecular flexibility index (Phi) is 4.29. The third-order valence-electron chi connectivity index (χ3n) is 4.92. The van der Waals surface area contributed by atoms with Crippen LogP contribution in [0.1, 0.15) is 38.5 Å². The third-order valence-corrected chi connectivity index (χ3v) is 4.92. The first kappa shape index (κ1) is 14.3. The van der Waals surface area contributed by atoms with E-state index in [9.17, 15) is 4.79 Å². The SMILES string of the molecule is COC(=O)C1(NC2CC2)CCCC(N2CCOCC2)C1. The van der Waals surface area contributed by atoms with Gasteiger partial charge in [-0.05, 0) is 38.5 Å². The molecule has 0 aromatic heterocycles. The molecule has 5 nitrogen and oxygen atoms in total. The lowest BCUT2D eigenvalue weighted by Crippen LogP contribution is -2.60. The van der Waals surface area contributed by atoms with Crippen molar-refractivity contribution in [2.45, 2.75) is 56.1 Å². The number of hydrogen-bond donors (Lipinski definition) is 1. The Hall–Kier alpha value is -0.650. The van der Waals surface area contributed by atoms with Crippen molar-refractivity contribution in [3.63, 3.8) is 0 Å². The van der Waals surface area contributed by atoms with Gasteiger partial charge in [0.05, 0.1) is 20.3 Å². The molecule has 0 spiro atoms. The number of esters is 1. The van der Waals surface area contributed by atoms with Gasteiger partial charge >= 0.3 is 5.97 Å². The lowest BCUT2D eigenvalue weighted by atomic mass is 9.78. The van der Waals surface area contributed by atoms with Crippen LogP contribution < -0.4 is 5.32 Å². The Morgan fingerprint density at radius 2 is 2.05 bits per heavy atom. The maximum atomic E-state index is 12.4. The number of nitrogens with zero attached hydrogens (tertiary/aromatic N) is 1. The molecular weight excluding hydrogens is 256 g/mol. The standard InChI is InChI=1S/C15H26N2O3/c1-19-14(18)15(16-12-4-5-12)6-2-3-13(11-15)17-7-9-20-10-8-17/h12-13,16H,2-11H2,1H3. The summed E-state index contributed by atoms with van der Waals surface area (Å²) in [5, 5.41) is 3.59. The number of ether oxygens (including phenoxy) is 2. The molecule has 3 aliphatic rings. The van der Waals surface area contributed by atoms with Crippen molar-refractivity contribution in [2.75, 3.05) is 33.4 Å². The van der Waals surface area contributed by atoms with E-state index in [1.54, 1.807) is 0 Å². The van der Waals surface area contributed by atoms with E-state index >= 15 is 0 Å². The van der Waals surface area contributed by atoms with E-state index in [0.29, 0.717) is 12.1 Å². The highest BCUT2D eigenvalue weighted by Crippen LogP contribution is 2.35. The molecule has 0 amide bonds. The molecule has 0 aromatic carbocycles. The van der Waals surface area contributed by atoms with Crippen LogP contribution in [0.5, 0.6) is 0 Å². The quantitative estimate of drug-likeness (QED) is 0.777. The minimum absolute atomic E-state index is 0.0673. The van der Waals surface area contributed by atoms with Gasteiger partial charge in [-0.3, -0.25) is 15.0 Å². The summed E-state index contributed by atoms with van der Waals surface area (Å²) in [7, 11) is 1.51. The van der Waals surface area contributed by atoms with Gasteiger partial charge in [-0.1, -0.05) is 0 Å². The smallest absolute Gasteiger partial charge is 0.326 e. The largest absolute Gasteiger partial charge is 0.468 e. The second-order valence-electron chi connectivity index (χ2n) is 6.39. The van der Waals surface area contributed by atoms with Crippen LogP contribution in [0.2, 0.25) is 0 Å². The molecule has 1 N–H and O–H groups in total. The van der Waals surface area contributed by atoms with Gasteiger partial charge in [-0.15, -0.1) is 0 Å². The van der Waals surface area contributed by atoms with E-state index in [4.69, 9.17) is 9.47 Å². The molecule has 3 rings (SSSR count). The summed E-state index contributed by atoms with van der Waals surface area (Å²) < 4.78 is 10.5. The number of morpholine rings is 1. The minimum atomic E-state index is -0.447. The summed E-state index contributed by atoms with van der Waals surface area (Å²) in [5.74, 6) is -0.0673. The molecule has 1 aliphatic heterocycles. The van der Waals surface area contributed by atoms with Crippen molar-refractivity contribution in [2.24, 2.45) is 0 Å². The molecule has 114 valence electrons. The summed E-state index contributed by atoms with van der Waals surface area (Å²) >= 11 is 0. The summed E-state index contributed by atoms with van der Waals surface area (Å²) in [6.45, 7) is 3.62. The molecule has 0 radical (unpaired) electrons. The maximum Gasteiger partial charge on any atom is 0.326 e. The first-order valence-corrected chi connectivity index (χ1v) is 7.91. The zero-order chi connectivity index (χ0) is 14.0. The Morgan fingerprint density at radius 1 is 1.30 bits per heavy atom. The number of rotatable bonds is 4. The molecule has 0 bridgehead atoms. The number of nitrogens with one attached hydrogen (secondary N) is 1. The molecule has 20 heavy (non-hydrogen) atoms. The van der Waals surface area contributed by atoms with Gasteiger partial charge in [0.1, 0.15) is 5.54 Å². The van der Waals surface area contributed by atoms with E-state index in [-0.39, 0.29) is 5.97 Å². The molecule has 1 saturated heterocycles. The average Bonchev–Trinajstić information content (AvgIpc) is 3.31. The van der Waals surface area contributed by atoms with Gasteiger partial charge in [-0.25, -0.2) is 0 Å². The van der Waals surface area contributed by atoms with Crippen LogP contribution in [-0.4, -0.2) is 61.9 Å². The van der Waals surface area contributed by atoms with Crippen LogP contribution in [-0.2, 0) is 14.3 Å². The lowest BCUT2D eigenvalue weighted by Gasteiger charge is -2.44. The monoisotopic (exact) mass is 282 g/mol. The van der Waals surface area contributed by atoms with Crippen molar-refractivity contribution in [3.8, 4) is 0 Å². The summed E-state index contributed by atoms with van der Waals surface area (Å²) in [5.41, 5.74) is -0.447. The van der Waals surface area contributed by atoms with Gasteiger partial charge in [0.2, 0.25) is 0 Å². The van der Waals surface area contributed by atoms with Crippen LogP contribution in [0, 0.1) is 0 Å². The van der Waals surface area contributed by atoms with Gasteiger partial charge in [0, 0.05) is 25.2 Å². The molecule has 1 heterocycles. The second kappa shape index (κ2) is 6.00. The maximum absolute atomic E-state index is 12.4. The van der Waals surface area contributed by atoms with Crippen LogP contribution >= 0.6 is 0 Å². The first-order valence-electron chi connectivity index (χ1n) is 7.91. The van der Waals surface area contributed by atoms with E-state index in [2.05, 4.69) is 10.2 Å². The highest BCUT2D eigenvalue weighted by Gasteiger charge is 2.47. The molecule has 2 unspecified atom stereocenters. The Labute approximate surface area is 121 Å². The molecule has 3 fully saturated rings. The van der Waals surface area contributed by atoms with Crippen LogP contribution in [0.25, 0.3) is 0 Å². The molecular formula is C15H26N2O3. The molecule has 2 saturated carbocycles. The van der Waals surface area contributed by atoms with Crippen molar-refractivity contribution in [1.82, 2.24) is 10.2 Å². The lowest BCUT2D eigenvalue weighted by molar-refractivity contribution is -0.151.